The van der Waals surface area contributed by atoms with Crippen LogP contribution in [0.15, 0.2) is 23.7 Å². The van der Waals surface area contributed by atoms with Gasteiger partial charge in [-0.25, -0.2) is 4.98 Å². The minimum Gasteiger partial charge on any atom is -0.348 e. The maximum atomic E-state index is 4.82. The lowest BCUT2D eigenvalue weighted by molar-refractivity contribution is 0.472. The van der Waals surface area contributed by atoms with Crippen LogP contribution in [-0.2, 0) is 5.41 Å². The van der Waals surface area contributed by atoms with Gasteiger partial charge in [-0.2, -0.15) is 9.61 Å². The van der Waals surface area contributed by atoms with E-state index in [9.17, 15) is 0 Å². The molecule has 4 heterocycles. The van der Waals surface area contributed by atoms with Crippen molar-refractivity contribution in [1.29, 1.82) is 0 Å². The quantitative estimate of drug-likeness (QED) is 0.715. The molecular weight excluding hydrogens is 320 g/mol. The van der Waals surface area contributed by atoms with Crippen molar-refractivity contribution in [1.82, 2.24) is 24.8 Å². The van der Waals surface area contributed by atoms with Gasteiger partial charge in [0.25, 0.3) is 0 Å². The van der Waals surface area contributed by atoms with Gasteiger partial charge in [0.1, 0.15) is 0 Å². The molecule has 0 aliphatic carbocycles. The van der Waals surface area contributed by atoms with Crippen molar-refractivity contribution in [3.05, 3.63) is 35.2 Å². The molecule has 0 saturated carbocycles. The molecule has 0 atom stereocenters. The van der Waals surface area contributed by atoms with Crippen molar-refractivity contribution in [2.75, 3.05) is 18.0 Å². The maximum absolute atomic E-state index is 4.82. The van der Waals surface area contributed by atoms with Crippen LogP contribution < -0.4 is 4.90 Å². The average Bonchev–Trinajstić information content (AvgIpc) is 3.23. The standard InChI is InChI=1S/C17H22N6S/c1-17(2,3)13-4-5-14-19-20-15(23(14)21-13)12-6-9-22(10-7-12)16-18-8-11-24-16/h4-5,8,11-12H,6-7,9-10H2,1-3H3. The van der Waals surface area contributed by atoms with Crippen molar-refractivity contribution < 1.29 is 0 Å². The van der Waals surface area contributed by atoms with E-state index in [1.54, 1.807) is 11.3 Å². The predicted molar refractivity (Wildman–Crippen MR) is 95.8 cm³/mol. The molecule has 24 heavy (non-hydrogen) atoms. The third kappa shape index (κ3) is 2.77. The third-order valence-corrected chi connectivity index (χ3v) is 5.44. The average molecular weight is 342 g/mol. The molecule has 3 aromatic heterocycles. The third-order valence-electron chi connectivity index (χ3n) is 4.61. The van der Waals surface area contributed by atoms with Crippen LogP contribution in [0, 0.1) is 0 Å². The van der Waals surface area contributed by atoms with E-state index >= 15 is 0 Å². The minimum atomic E-state index is 0.0178. The molecule has 0 radical (unpaired) electrons. The lowest BCUT2D eigenvalue weighted by Crippen LogP contribution is -2.33. The van der Waals surface area contributed by atoms with Crippen LogP contribution in [0.4, 0.5) is 5.13 Å². The summed E-state index contributed by atoms with van der Waals surface area (Å²) in [6.45, 7) is 8.55. The summed E-state index contributed by atoms with van der Waals surface area (Å²) in [5, 5.41) is 16.7. The highest BCUT2D eigenvalue weighted by atomic mass is 32.1. The molecule has 0 aromatic carbocycles. The Bertz CT molecular complexity index is 825. The van der Waals surface area contributed by atoms with Crippen LogP contribution in [0.25, 0.3) is 5.65 Å². The van der Waals surface area contributed by atoms with Gasteiger partial charge in [-0.05, 0) is 25.0 Å². The summed E-state index contributed by atoms with van der Waals surface area (Å²) in [6.07, 6.45) is 3.99. The van der Waals surface area contributed by atoms with Crippen molar-refractivity contribution >= 4 is 22.1 Å². The molecule has 0 bridgehead atoms. The summed E-state index contributed by atoms with van der Waals surface area (Å²) in [4.78, 5) is 6.77. The first kappa shape index (κ1) is 15.5. The molecule has 6 nitrogen and oxygen atoms in total. The Morgan fingerprint density at radius 1 is 1.12 bits per heavy atom. The Kier molecular flexibility index (Phi) is 3.75. The summed E-state index contributed by atoms with van der Waals surface area (Å²) in [6, 6.07) is 4.08. The first-order valence-corrected chi connectivity index (χ1v) is 9.27. The SMILES string of the molecule is CC(C)(C)c1ccc2nnc(C3CCN(c4nccs4)CC3)n2n1. The number of anilines is 1. The fourth-order valence-electron chi connectivity index (χ4n) is 3.16. The summed E-state index contributed by atoms with van der Waals surface area (Å²) in [5.74, 6) is 1.40. The van der Waals surface area contributed by atoms with Crippen LogP contribution in [0.3, 0.4) is 0 Å². The Hall–Kier alpha value is -2.02. The second kappa shape index (κ2) is 5.81. The highest BCUT2D eigenvalue weighted by molar-refractivity contribution is 7.13. The summed E-state index contributed by atoms with van der Waals surface area (Å²) < 4.78 is 1.95. The number of aromatic nitrogens is 5. The summed E-state index contributed by atoms with van der Waals surface area (Å²) >= 11 is 1.70. The highest BCUT2D eigenvalue weighted by Crippen LogP contribution is 2.30. The molecule has 7 heteroatoms. The molecule has 0 amide bonds. The Labute approximate surface area is 145 Å². The molecule has 1 aliphatic heterocycles. The van der Waals surface area contributed by atoms with Crippen LogP contribution in [-0.4, -0.2) is 37.9 Å². The molecule has 4 rings (SSSR count). The molecule has 1 aliphatic rings. The molecular formula is C17H22N6S. The van der Waals surface area contributed by atoms with Crippen molar-refractivity contribution in [2.45, 2.75) is 44.9 Å². The van der Waals surface area contributed by atoms with Gasteiger partial charge < -0.3 is 4.90 Å². The molecule has 0 N–H and O–H groups in total. The summed E-state index contributed by atoms with van der Waals surface area (Å²) in [7, 11) is 0. The number of rotatable bonds is 2. The van der Waals surface area contributed by atoms with Gasteiger partial charge in [0, 0.05) is 36.0 Å². The molecule has 3 aromatic rings. The zero-order valence-electron chi connectivity index (χ0n) is 14.3. The second-order valence-electron chi connectivity index (χ2n) is 7.37. The Morgan fingerprint density at radius 3 is 2.58 bits per heavy atom. The van der Waals surface area contributed by atoms with E-state index in [1.807, 2.05) is 22.2 Å². The Balaban J connectivity index is 1.58. The molecule has 1 saturated heterocycles. The van der Waals surface area contributed by atoms with Gasteiger partial charge in [0.15, 0.2) is 16.6 Å². The number of piperidine rings is 1. The van der Waals surface area contributed by atoms with Gasteiger partial charge >= 0.3 is 0 Å². The lowest BCUT2D eigenvalue weighted by atomic mass is 9.92. The van der Waals surface area contributed by atoms with E-state index in [-0.39, 0.29) is 5.41 Å². The highest BCUT2D eigenvalue weighted by Gasteiger charge is 2.26. The van der Waals surface area contributed by atoms with Crippen LogP contribution in [0.1, 0.15) is 51.0 Å². The monoisotopic (exact) mass is 342 g/mol. The zero-order valence-corrected chi connectivity index (χ0v) is 15.1. The molecule has 0 unspecified atom stereocenters. The number of hydrogen-bond acceptors (Lipinski definition) is 6. The van der Waals surface area contributed by atoms with Crippen molar-refractivity contribution in [3.8, 4) is 0 Å². The van der Waals surface area contributed by atoms with Crippen LogP contribution in [0.5, 0.6) is 0 Å². The fraction of sp³-hybridized carbons (Fsp3) is 0.529. The minimum absolute atomic E-state index is 0.0178. The van der Waals surface area contributed by atoms with Gasteiger partial charge in [-0.3, -0.25) is 0 Å². The number of nitrogens with zero attached hydrogens (tertiary/aromatic N) is 6. The first-order chi connectivity index (χ1) is 11.5. The maximum Gasteiger partial charge on any atom is 0.185 e. The number of hydrogen-bond donors (Lipinski definition) is 0. The van der Waals surface area contributed by atoms with Gasteiger partial charge in [0.2, 0.25) is 0 Å². The fourth-order valence-corrected chi connectivity index (χ4v) is 3.86. The predicted octanol–water partition coefficient (Wildman–Crippen LogP) is 3.26. The van der Waals surface area contributed by atoms with E-state index < -0.39 is 0 Å². The number of thiazole rings is 1. The topological polar surface area (TPSA) is 59.2 Å². The van der Waals surface area contributed by atoms with Crippen molar-refractivity contribution in [2.24, 2.45) is 0 Å². The van der Waals surface area contributed by atoms with E-state index in [0.29, 0.717) is 5.92 Å². The largest absolute Gasteiger partial charge is 0.348 e. The Morgan fingerprint density at radius 2 is 1.92 bits per heavy atom. The molecule has 0 spiro atoms. The second-order valence-corrected chi connectivity index (χ2v) is 8.25. The normalized spacial score (nSPS) is 16.9. The van der Waals surface area contributed by atoms with Crippen LogP contribution in [0.2, 0.25) is 0 Å². The van der Waals surface area contributed by atoms with E-state index in [2.05, 4.69) is 46.9 Å². The van der Waals surface area contributed by atoms with E-state index in [1.165, 1.54) is 0 Å². The molecule has 126 valence electrons. The lowest BCUT2D eigenvalue weighted by Gasteiger charge is -2.30. The van der Waals surface area contributed by atoms with Gasteiger partial charge in [-0.15, -0.1) is 21.5 Å². The van der Waals surface area contributed by atoms with E-state index in [4.69, 9.17) is 5.10 Å². The smallest absolute Gasteiger partial charge is 0.185 e. The number of fused-ring (bicyclic) bond motifs is 1. The first-order valence-electron chi connectivity index (χ1n) is 8.39. The van der Waals surface area contributed by atoms with Crippen molar-refractivity contribution in [3.63, 3.8) is 0 Å². The van der Waals surface area contributed by atoms with Gasteiger partial charge in [0.05, 0.1) is 5.69 Å². The summed E-state index contributed by atoms with van der Waals surface area (Å²) in [5.41, 5.74) is 1.92. The van der Waals surface area contributed by atoms with Gasteiger partial charge in [-0.1, -0.05) is 20.8 Å². The zero-order chi connectivity index (χ0) is 16.7. The van der Waals surface area contributed by atoms with Crippen LogP contribution >= 0.6 is 11.3 Å². The molecule has 1 fully saturated rings. The van der Waals surface area contributed by atoms with E-state index in [0.717, 1.165) is 48.2 Å².